The highest BCUT2D eigenvalue weighted by Gasteiger charge is 2.33. The van der Waals surface area contributed by atoms with Gasteiger partial charge < -0.3 is 0 Å². The Hall–Kier alpha value is -3.49. The van der Waals surface area contributed by atoms with E-state index in [0.717, 1.165) is 22.4 Å². The third-order valence-corrected chi connectivity index (χ3v) is 6.41. The Morgan fingerprint density at radius 3 is 2.53 bits per heavy atom. The molecule has 0 saturated heterocycles. The first kappa shape index (κ1) is 21.7. The summed E-state index contributed by atoms with van der Waals surface area (Å²) in [6.45, 7) is 11.1. The monoisotopic (exact) mass is 436 g/mol. The van der Waals surface area contributed by atoms with Gasteiger partial charge in [-0.1, -0.05) is 23.8 Å². The fourth-order valence-corrected chi connectivity index (χ4v) is 4.05. The predicted octanol–water partition coefficient (Wildman–Crippen LogP) is 2.30. The molecule has 32 heavy (non-hydrogen) atoms. The van der Waals surface area contributed by atoms with Crippen molar-refractivity contribution in [1.29, 1.82) is 0 Å². The molecule has 0 aliphatic carbocycles. The summed E-state index contributed by atoms with van der Waals surface area (Å²) in [6.07, 6.45) is 0. The van der Waals surface area contributed by atoms with Gasteiger partial charge in [0.05, 0.1) is 18.3 Å². The van der Waals surface area contributed by atoms with Crippen LogP contribution in [0.1, 0.15) is 50.4 Å². The smallest absolute Gasteiger partial charge is 0.298 e. The van der Waals surface area contributed by atoms with Crippen molar-refractivity contribution in [3.8, 4) is 0 Å². The molecule has 168 valence electrons. The van der Waals surface area contributed by atoms with Gasteiger partial charge in [-0.2, -0.15) is 10.1 Å². The molecule has 3 heterocycles. The highest BCUT2D eigenvalue weighted by Crippen LogP contribution is 2.31. The molecular weight excluding hydrogens is 408 g/mol. The van der Waals surface area contributed by atoms with Crippen LogP contribution >= 0.6 is 0 Å². The van der Waals surface area contributed by atoms with Gasteiger partial charge in [0.15, 0.2) is 16.9 Å². The molecule has 1 aliphatic rings. The molecule has 0 amide bonds. The van der Waals surface area contributed by atoms with Crippen LogP contribution in [0.5, 0.6) is 0 Å². The molecule has 0 bridgehead atoms. The Morgan fingerprint density at radius 2 is 1.88 bits per heavy atom. The van der Waals surface area contributed by atoms with Crippen molar-refractivity contribution in [1.82, 2.24) is 18.7 Å². The number of hydrazone groups is 1. The number of benzene rings is 1. The number of hydrogen-bond acceptors (Lipinski definition) is 6. The lowest BCUT2D eigenvalue weighted by Gasteiger charge is -2.31. The Morgan fingerprint density at radius 1 is 1.19 bits per heavy atom. The highest BCUT2D eigenvalue weighted by molar-refractivity contribution is 5.93. The lowest BCUT2D eigenvalue weighted by atomic mass is 10.1. The predicted molar refractivity (Wildman–Crippen MR) is 125 cm³/mol. The summed E-state index contributed by atoms with van der Waals surface area (Å²) in [5.74, 6) is 0.313. The number of aryl methyl sites for hydroxylation is 3. The van der Waals surface area contributed by atoms with Gasteiger partial charge in [0, 0.05) is 7.05 Å². The number of ketones is 1. The van der Waals surface area contributed by atoms with E-state index in [2.05, 4.69) is 10.1 Å². The van der Waals surface area contributed by atoms with Gasteiger partial charge in [0.1, 0.15) is 6.04 Å². The minimum absolute atomic E-state index is 0.0732. The van der Waals surface area contributed by atoms with Crippen LogP contribution in [0.4, 0.5) is 5.95 Å². The molecule has 0 unspecified atom stereocenters. The fourth-order valence-electron chi connectivity index (χ4n) is 4.05. The lowest BCUT2D eigenvalue weighted by molar-refractivity contribution is -0.118. The van der Waals surface area contributed by atoms with Gasteiger partial charge in [-0.3, -0.25) is 23.3 Å². The van der Waals surface area contributed by atoms with Gasteiger partial charge in [-0.05, 0) is 52.7 Å². The number of carbonyl (C=O) groups is 1. The zero-order chi connectivity index (χ0) is 23.5. The van der Waals surface area contributed by atoms with Crippen molar-refractivity contribution in [3.05, 3.63) is 55.7 Å². The molecule has 9 heteroatoms. The summed E-state index contributed by atoms with van der Waals surface area (Å²) >= 11 is 0. The number of aromatic nitrogens is 4. The average molecular weight is 437 g/mol. The van der Waals surface area contributed by atoms with E-state index in [1.54, 1.807) is 18.5 Å². The number of Topliss-reactive ketones (excluding diaryl/α,β-unsaturated/α-hetero) is 1. The van der Waals surface area contributed by atoms with E-state index < -0.39 is 17.3 Å². The molecule has 2 aromatic heterocycles. The van der Waals surface area contributed by atoms with E-state index in [-0.39, 0.29) is 24.0 Å². The van der Waals surface area contributed by atoms with Crippen LogP contribution < -0.4 is 16.3 Å². The fraction of sp³-hybridized carbons (Fsp3) is 0.435. The lowest BCUT2D eigenvalue weighted by Crippen LogP contribution is -2.42. The molecule has 4 rings (SSSR count). The number of hydrogen-bond donors (Lipinski definition) is 0. The third-order valence-electron chi connectivity index (χ3n) is 6.41. The van der Waals surface area contributed by atoms with Gasteiger partial charge in [-0.15, -0.1) is 0 Å². The molecule has 3 aromatic rings. The summed E-state index contributed by atoms with van der Waals surface area (Å²) < 4.78 is 4.44. The normalized spacial score (nSPS) is 16.8. The maximum absolute atomic E-state index is 13.7. The second kappa shape index (κ2) is 7.58. The Kier molecular flexibility index (Phi) is 5.15. The first-order valence-corrected chi connectivity index (χ1v) is 10.7. The number of fused-ring (bicyclic) bond motifs is 3. The summed E-state index contributed by atoms with van der Waals surface area (Å²) in [6, 6.07) is 5.19. The van der Waals surface area contributed by atoms with Crippen LogP contribution in [0.25, 0.3) is 11.2 Å². The molecular formula is C23H28N6O3. The van der Waals surface area contributed by atoms with Crippen LogP contribution in [-0.4, -0.2) is 36.2 Å². The van der Waals surface area contributed by atoms with Crippen molar-refractivity contribution < 1.29 is 4.79 Å². The maximum atomic E-state index is 13.7. The maximum Gasteiger partial charge on any atom is 0.332 e. The largest absolute Gasteiger partial charge is 0.332 e. The quantitative estimate of drug-likeness (QED) is 0.626. The van der Waals surface area contributed by atoms with E-state index in [0.29, 0.717) is 11.5 Å². The van der Waals surface area contributed by atoms with Crippen LogP contribution in [0, 0.1) is 13.8 Å². The Bertz CT molecular complexity index is 1410. The van der Waals surface area contributed by atoms with Crippen LogP contribution in [0.2, 0.25) is 0 Å². The Labute approximate surface area is 185 Å². The van der Waals surface area contributed by atoms with E-state index in [9.17, 15) is 14.4 Å². The minimum Gasteiger partial charge on any atom is -0.298 e. The van der Waals surface area contributed by atoms with Crippen molar-refractivity contribution in [3.63, 3.8) is 0 Å². The topological polar surface area (TPSA) is 94.5 Å². The molecule has 2 atom stereocenters. The van der Waals surface area contributed by atoms with E-state index in [4.69, 9.17) is 0 Å². The van der Waals surface area contributed by atoms with Crippen LogP contribution in [0.15, 0.2) is 32.9 Å². The van der Waals surface area contributed by atoms with Crippen LogP contribution in [-0.2, 0) is 18.4 Å². The number of anilines is 1. The summed E-state index contributed by atoms with van der Waals surface area (Å²) in [4.78, 5) is 43.5. The molecule has 0 spiro atoms. The number of carbonyl (C=O) groups excluding carboxylic acids is 1. The number of imidazole rings is 1. The standard InChI is InChI=1S/C23H28N6O3/c1-12-8-9-13(2)18(10-12)11-27-21(31)19-20(26(7)23(27)32)24-22-28(19)15(4)14(3)25-29(22)16(5)17(6)30/h8-10,15-16H,11H2,1-7H3/t15-,16+/m0/s1. The van der Waals surface area contributed by atoms with Gasteiger partial charge in [0.25, 0.3) is 5.56 Å². The van der Waals surface area contributed by atoms with Crippen molar-refractivity contribution in [2.75, 3.05) is 5.01 Å². The molecule has 0 fully saturated rings. The summed E-state index contributed by atoms with van der Waals surface area (Å²) in [5.41, 5.74) is 3.51. The first-order valence-electron chi connectivity index (χ1n) is 10.7. The molecule has 0 saturated carbocycles. The molecule has 0 N–H and O–H groups in total. The zero-order valence-electron chi connectivity index (χ0n) is 19.5. The second-order valence-corrected chi connectivity index (χ2v) is 8.67. The highest BCUT2D eigenvalue weighted by atomic mass is 16.2. The molecule has 1 aromatic carbocycles. The third kappa shape index (κ3) is 3.19. The summed E-state index contributed by atoms with van der Waals surface area (Å²) in [7, 11) is 1.61. The van der Waals surface area contributed by atoms with Crippen molar-refractivity contribution in [2.45, 2.75) is 60.2 Å². The second-order valence-electron chi connectivity index (χ2n) is 8.67. The van der Waals surface area contributed by atoms with E-state index >= 15 is 0 Å². The number of nitrogens with zero attached hydrogens (tertiary/aromatic N) is 6. The average Bonchev–Trinajstić information content (AvgIpc) is 3.15. The van der Waals surface area contributed by atoms with Crippen molar-refractivity contribution in [2.24, 2.45) is 12.1 Å². The molecule has 9 nitrogen and oxygen atoms in total. The molecule has 1 aliphatic heterocycles. The minimum atomic E-state index is -0.554. The van der Waals surface area contributed by atoms with Gasteiger partial charge in [-0.25, -0.2) is 9.80 Å². The van der Waals surface area contributed by atoms with E-state index in [1.807, 2.05) is 45.9 Å². The van der Waals surface area contributed by atoms with Crippen LogP contribution in [0.3, 0.4) is 0 Å². The van der Waals surface area contributed by atoms with E-state index in [1.165, 1.54) is 21.1 Å². The first-order chi connectivity index (χ1) is 15.0. The van der Waals surface area contributed by atoms with Gasteiger partial charge in [0.2, 0.25) is 5.95 Å². The molecule has 0 radical (unpaired) electrons. The zero-order valence-corrected chi connectivity index (χ0v) is 19.5. The van der Waals surface area contributed by atoms with Crippen molar-refractivity contribution >= 4 is 28.6 Å². The Balaban J connectivity index is 2.01. The number of rotatable bonds is 4. The SMILES string of the molecule is CC(=O)[C@@H](C)N1N=C(C)[C@H](C)n2c1nc1c2c(=O)n(Cc2cc(C)ccc2C)c(=O)n1C. The van der Waals surface area contributed by atoms with Gasteiger partial charge >= 0.3 is 5.69 Å². The summed E-state index contributed by atoms with van der Waals surface area (Å²) in [5, 5.41) is 6.10.